The quantitative estimate of drug-likeness (QED) is 0.225. The Kier molecular flexibility index (Phi) is 5.14. The van der Waals surface area contributed by atoms with Crippen LogP contribution in [0.25, 0.3) is 0 Å². The van der Waals surface area contributed by atoms with Crippen molar-refractivity contribution >= 4 is 23.9 Å². The van der Waals surface area contributed by atoms with Gasteiger partial charge < -0.3 is 29.3 Å². The number of hydrogen-bond donors (Lipinski definition) is 0. The highest BCUT2D eigenvalue weighted by Crippen LogP contribution is 2.66. The predicted octanol–water partition coefficient (Wildman–Crippen LogP) is -1.55. The summed E-state index contributed by atoms with van der Waals surface area (Å²) in [6.07, 6.45) is 3.17. The van der Waals surface area contributed by atoms with Gasteiger partial charge in [0.05, 0.1) is 24.5 Å². The average Bonchev–Trinajstić information content (AvgIpc) is 2.47. The van der Waals surface area contributed by atoms with E-state index in [2.05, 4.69) is 35.8 Å². The second-order valence-electron chi connectivity index (χ2n) is 4.86. The molecule has 0 aromatic carbocycles. The van der Waals surface area contributed by atoms with Gasteiger partial charge >= 0.3 is 11.9 Å². The topological polar surface area (TPSA) is 133 Å². The molecule has 1 aliphatic carbocycles. The molecule has 4 atom stereocenters. The molecule has 0 radical (unpaired) electrons. The van der Waals surface area contributed by atoms with Crippen LogP contribution in [0.5, 0.6) is 0 Å². The third-order valence-corrected chi connectivity index (χ3v) is 4.19. The zero-order valence-corrected chi connectivity index (χ0v) is 12.6. The Morgan fingerprint density at radius 3 is 1.21 bits per heavy atom. The number of ether oxygens (including phenoxy) is 2. The summed E-state index contributed by atoms with van der Waals surface area (Å²) in [4.78, 5) is 48.3. The van der Waals surface area contributed by atoms with E-state index in [-0.39, 0.29) is 0 Å². The van der Waals surface area contributed by atoms with Gasteiger partial charge in [-0.3, -0.25) is 9.59 Å². The van der Waals surface area contributed by atoms with Gasteiger partial charge in [0.1, 0.15) is 10.8 Å². The van der Waals surface area contributed by atoms with Gasteiger partial charge in [0, 0.05) is 11.8 Å². The number of carbonyl (C=O) groups excluding carboxylic acids is 4. The number of hydrogen-bond acceptors (Lipinski definition) is 8. The van der Waals surface area contributed by atoms with E-state index in [1.165, 1.54) is 0 Å². The lowest BCUT2D eigenvalue weighted by Gasteiger charge is -2.64. The lowest BCUT2D eigenvalue weighted by atomic mass is 9.37. The predicted molar refractivity (Wildman–Crippen MR) is 74.8 cm³/mol. The number of rotatable bonds is 8. The molecule has 0 spiro atoms. The largest absolute Gasteiger partial charge is 0.549 e. The first kappa shape index (κ1) is 18.9. The SMILES string of the molecule is C=COC(=O)C1(C(=O)[O-])C(C=C)C(C=C)C1(C(=O)[O-])C(=O)OC=C. The summed E-state index contributed by atoms with van der Waals surface area (Å²) in [7, 11) is 0. The first-order valence-corrected chi connectivity index (χ1v) is 6.56. The van der Waals surface area contributed by atoms with E-state index in [1.807, 2.05) is 0 Å². The first-order chi connectivity index (χ1) is 11.2. The van der Waals surface area contributed by atoms with Crippen LogP contribution in [0.1, 0.15) is 0 Å². The van der Waals surface area contributed by atoms with Crippen molar-refractivity contribution in [2.24, 2.45) is 22.7 Å². The number of aliphatic carboxylic acids is 2. The summed E-state index contributed by atoms with van der Waals surface area (Å²) in [5, 5.41) is 23.7. The monoisotopic (exact) mass is 334 g/mol. The van der Waals surface area contributed by atoms with Crippen LogP contribution < -0.4 is 10.2 Å². The summed E-state index contributed by atoms with van der Waals surface area (Å²) in [5.74, 6) is -10.2. The van der Waals surface area contributed by atoms with E-state index in [4.69, 9.17) is 0 Å². The van der Waals surface area contributed by atoms with E-state index in [0.29, 0.717) is 12.5 Å². The molecule has 8 nitrogen and oxygen atoms in total. The molecule has 1 rings (SSSR count). The van der Waals surface area contributed by atoms with Crippen molar-refractivity contribution in [2.75, 3.05) is 0 Å². The maximum Gasteiger partial charge on any atom is 0.324 e. The van der Waals surface area contributed by atoms with Crippen LogP contribution >= 0.6 is 0 Å². The van der Waals surface area contributed by atoms with Crippen LogP contribution in [-0.2, 0) is 28.7 Å². The fraction of sp³-hybridized carbons (Fsp3) is 0.250. The molecule has 0 aromatic rings. The Balaban J connectivity index is 3.88. The lowest BCUT2D eigenvalue weighted by Crippen LogP contribution is -2.81. The fourth-order valence-electron chi connectivity index (χ4n) is 3.31. The van der Waals surface area contributed by atoms with Crippen molar-refractivity contribution < 1.29 is 38.9 Å². The molecule has 1 aliphatic rings. The smallest absolute Gasteiger partial charge is 0.324 e. The highest BCUT2D eigenvalue weighted by molar-refractivity contribution is 6.16. The minimum absolute atomic E-state index is 0.591. The molecule has 128 valence electrons. The number of carboxylic acids is 2. The van der Waals surface area contributed by atoms with Crippen molar-refractivity contribution in [3.05, 3.63) is 51.0 Å². The minimum Gasteiger partial charge on any atom is -0.549 e. The standard InChI is InChI=1S/C16H16O8/c1-5-9-10(6-2)16(12(19)20,14(22)24-8-4)15(9,11(17)18)13(21)23-7-3/h5-10H,1-4H2,(H,17,18)(H,19,20)/p-2. The second kappa shape index (κ2) is 6.53. The molecule has 0 saturated heterocycles. The molecule has 1 fully saturated rings. The molecule has 0 amide bonds. The number of carbonyl (C=O) groups is 4. The van der Waals surface area contributed by atoms with Crippen LogP contribution in [0.3, 0.4) is 0 Å². The van der Waals surface area contributed by atoms with Gasteiger partial charge in [0.2, 0.25) is 0 Å². The van der Waals surface area contributed by atoms with Crippen molar-refractivity contribution in [1.82, 2.24) is 0 Å². The van der Waals surface area contributed by atoms with Gasteiger partial charge in [-0.15, -0.1) is 13.2 Å². The van der Waals surface area contributed by atoms with E-state index in [1.54, 1.807) is 0 Å². The van der Waals surface area contributed by atoms with Crippen LogP contribution in [0, 0.1) is 22.7 Å². The summed E-state index contributed by atoms with van der Waals surface area (Å²) < 4.78 is 8.93. The molecular weight excluding hydrogens is 320 g/mol. The third-order valence-electron chi connectivity index (χ3n) is 4.19. The van der Waals surface area contributed by atoms with Gasteiger partial charge in [0.15, 0.2) is 0 Å². The molecule has 0 N–H and O–H groups in total. The third kappa shape index (κ3) is 1.92. The summed E-state index contributed by atoms with van der Waals surface area (Å²) in [5.41, 5.74) is -5.94. The van der Waals surface area contributed by atoms with Crippen LogP contribution in [-0.4, -0.2) is 23.9 Å². The van der Waals surface area contributed by atoms with Gasteiger partial charge in [-0.05, 0) is 0 Å². The minimum atomic E-state index is -2.97. The number of allylic oxidation sites excluding steroid dienone is 2. The maximum absolute atomic E-state index is 12.3. The number of carboxylic acid groups (broad SMARTS) is 2. The Bertz CT molecular complexity index is 592. The Morgan fingerprint density at radius 1 is 0.750 bits per heavy atom. The molecule has 4 unspecified atom stereocenters. The molecule has 0 aliphatic heterocycles. The van der Waals surface area contributed by atoms with E-state index < -0.39 is 46.5 Å². The van der Waals surface area contributed by atoms with Crippen molar-refractivity contribution in [3.8, 4) is 0 Å². The fourth-order valence-corrected chi connectivity index (χ4v) is 3.31. The molecule has 0 bridgehead atoms. The van der Waals surface area contributed by atoms with E-state index >= 15 is 0 Å². The van der Waals surface area contributed by atoms with Crippen LogP contribution in [0.15, 0.2) is 51.0 Å². The normalized spacial score (nSPS) is 30.8. The van der Waals surface area contributed by atoms with Crippen molar-refractivity contribution in [1.29, 1.82) is 0 Å². The number of esters is 2. The highest BCUT2D eigenvalue weighted by atomic mass is 16.5. The molecule has 24 heavy (non-hydrogen) atoms. The molecule has 1 saturated carbocycles. The van der Waals surface area contributed by atoms with Gasteiger partial charge in [-0.25, -0.2) is 0 Å². The highest BCUT2D eigenvalue weighted by Gasteiger charge is 2.80. The summed E-state index contributed by atoms with van der Waals surface area (Å²) in [6.45, 7) is 12.9. The average molecular weight is 334 g/mol. The Labute approximate surface area is 137 Å². The van der Waals surface area contributed by atoms with Crippen molar-refractivity contribution in [2.45, 2.75) is 0 Å². The zero-order valence-electron chi connectivity index (χ0n) is 12.6. The summed E-state index contributed by atoms with van der Waals surface area (Å²) >= 11 is 0. The summed E-state index contributed by atoms with van der Waals surface area (Å²) in [6, 6.07) is 0. The molecule has 0 aromatic heterocycles. The molecular formula is C16H14O8-2. The van der Waals surface area contributed by atoms with Crippen LogP contribution in [0.2, 0.25) is 0 Å². The van der Waals surface area contributed by atoms with Gasteiger partial charge in [0.25, 0.3) is 0 Å². The Hall–Kier alpha value is -3.16. The molecule has 8 heteroatoms. The first-order valence-electron chi connectivity index (χ1n) is 6.56. The van der Waals surface area contributed by atoms with E-state index in [0.717, 1.165) is 12.2 Å². The van der Waals surface area contributed by atoms with E-state index in [9.17, 15) is 29.4 Å². The maximum atomic E-state index is 12.3. The van der Waals surface area contributed by atoms with Crippen molar-refractivity contribution in [3.63, 3.8) is 0 Å². The lowest BCUT2D eigenvalue weighted by molar-refractivity contribution is -0.361. The van der Waals surface area contributed by atoms with Gasteiger partial charge in [-0.1, -0.05) is 25.3 Å². The van der Waals surface area contributed by atoms with Crippen LogP contribution in [0.4, 0.5) is 0 Å². The zero-order chi connectivity index (χ0) is 18.7. The Morgan fingerprint density at radius 2 is 1.04 bits per heavy atom. The molecule has 0 heterocycles. The van der Waals surface area contributed by atoms with Gasteiger partial charge in [-0.2, -0.15) is 0 Å². The second-order valence-corrected chi connectivity index (χ2v) is 4.86.